The average molecular weight is 447 g/mol. The third-order valence-electron chi connectivity index (χ3n) is 7.91. The number of benzene rings is 3. The van der Waals surface area contributed by atoms with Crippen molar-refractivity contribution in [3.63, 3.8) is 0 Å². The van der Waals surface area contributed by atoms with Gasteiger partial charge >= 0.3 is 0 Å². The van der Waals surface area contributed by atoms with Crippen LogP contribution in [0.2, 0.25) is 0 Å². The standard InChI is InChI=1S/C31H18N4/c1-2-5-21-17(4-1)10-18-11-19-12-20-13-29-27(15-25(20)24(19)14-23(18)21)34-31-22-7-9-32-16-26(22)30-28(35(29)31)6-3-8-33-30/h1-9,11,13-16H,10,12H2. The molecular weight excluding hydrogens is 428 g/mol. The summed E-state index contributed by atoms with van der Waals surface area (Å²) < 4.78 is 2.28. The van der Waals surface area contributed by atoms with Gasteiger partial charge in [0.25, 0.3) is 0 Å². The van der Waals surface area contributed by atoms with E-state index < -0.39 is 0 Å². The molecule has 0 aliphatic heterocycles. The molecule has 4 heteroatoms. The first-order chi connectivity index (χ1) is 17.3. The van der Waals surface area contributed by atoms with Gasteiger partial charge in [0.15, 0.2) is 0 Å². The predicted octanol–water partition coefficient (Wildman–Crippen LogP) is 6.73. The van der Waals surface area contributed by atoms with E-state index >= 15 is 0 Å². The molecule has 0 N–H and O–H groups in total. The summed E-state index contributed by atoms with van der Waals surface area (Å²) in [6.07, 6.45) is 7.59. The maximum Gasteiger partial charge on any atom is 0.146 e. The van der Waals surface area contributed by atoms with Gasteiger partial charge in [-0.25, -0.2) is 4.98 Å². The van der Waals surface area contributed by atoms with Crippen molar-refractivity contribution in [3.8, 4) is 22.3 Å². The van der Waals surface area contributed by atoms with Crippen LogP contribution in [0.25, 0.3) is 60.7 Å². The summed E-state index contributed by atoms with van der Waals surface area (Å²) in [5.41, 5.74) is 16.3. The van der Waals surface area contributed by atoms with Crippen LogP contribution in [0.5, 0.6) is 0 Å². The van der Waals surface area contributed by atoms with Crippen LogP contribution in [0.3, 0.4) is 0 Å². The smallest absolute Gasteiger partial charge is 0.146 e. The Hall–Kier alpha value is -4.57. The zero-order valence-corrected chi connectivity index (χ0v) is 18.8. The van der Waals surface area contributed by atoms with E-state index in [0.717, 1.165) is 51.3 Å². The Kier molecular flexibility index (Phi) is 3.11. The molecule has 4 heterocycles. The molecule has 7 aromatic rings. The second-order valence-electron chi connectivity index (χ2n) is 9.74. The third-order valence-corrected chi connectivity index (χ3v) is 7.91. The van der Waals surface area contributed by atoms with Crippen LogP contribution in [0.4, 0.5) is 0 Å². The topological polar surface area (TPSA) is 43.1 Å². The number of hydrogen-bond donors (Lipinski definition) is 0. The maximum atomic E-state index is 5.16. The predicted molar refractivity (Wildman–Crippen MR) is 140 cm³/mol. The molecule has 4 aromatic heterocycles. The fraction of sp³-hybridized carbons (Fsp3) is 0.0645. The van der Waals surface area contributed by atoms with E-state index in [1.54, 1.807) is 0 Å². The fourth-order valence-electron chi connectivity index (χ4n) is 6.39. The zero-order chi connectivity index (χ0) is 22.7. The first kappa shape index (κ1) is 17.8. The SMILES string of the molecule is c1ccc2c(c1)Cc1cc3c(cc1-2)-c1cc2nc4c5ccncc5c5ncccc5n4c2cc1C3. The average Bonchev–Trinajstić information content (AvgIpc) is 3.56. The van der Waals surface area contributed by atoms with Crippen LogP contribution in [0.1, 0.15) is 22.3 Å². The summed E-state index contributed by atoms with van der Waals surface area (Å²) in [4.78, 5) is 14.2. The lowest BCUT2D eigenvalue weighted by atomic mass is 9.98. The lowest BCUT2D eigenvalue weighted by Crippen LogP contribution is -1.93. The van der Waals surface area contributed by atoms with Crippen LogP contribution in [0, 0.1) is 0 Å². The molecule has 0 spiro atoms. The minimum absolute atomic E-state index is 0.960. The van der Waals surface area contributed by atoms with Gasteiger partial charge in [0.1, 0.15) is 5.65 Å². The molecule has 9 rings (SSSR count). The van der Waals surface area contributed by atoms with E-state index in [0.29, 0.717) is 0 Å². The van der Waals surface area contributed by atoms with Crippen molar-refractivity contribution in [2.45, 2.75) is 12.8 Å². The van der Waals surface area contributed by atoms with E-state index in [4.69, 9.17) is 9.97 Å². The summed E-state index contributed by atoms with van der Waals surface area (Å²) >= 11 is 0. The van der Waals surface area contributed by atoms with Gasteiger partial charge in [0.2, 0.25) is 0 Å². The lowest BCUT2D eigenvalue weighted by molar-refractivity contribution is 1.21. The minimum Gasteiger partial charge on any atom is -0.290 e. The molecule has 162 valence electrons. The molecule has 0 saturated carbocycles. The number of hydrogen-bond acceptors (Lipinski definition) is 3. The summed E-state index contributed by atoms with van der Waals surface area (Å²) in [6, 6.07) is 24.5. The second-order valence-corrected chi connectivity index (χ2v) is 9.74. The molecule has 35 heavy (non-hydrogen) atoms. The van der Waals surface area contributed by atoms with Crippen molar-refractivity contribution < 1.29 is 0 Å². The van der Waals surface area contributed by atoms with Gasteiger partial charge in [-0.05, 0) is 93.7 Å². The quantitative estimate of drug-likeness (QED) is 0.243. The first-order valence-electron chi connectivity index (χ1n) is 12.0. The number of rotatable bonds is 0. The van der Waals surface area contributed by atoms with Crippen LogP contribution in [-0.2, 0) is 12.8 Å². The number of imidazole rings is 1. The summed E-state index contributed by atoms with van der Waals surface area (Å²) in [5, 5.41) is 2.12. The molecule has 0 atom stereocenters. The Labute approximate surface area is 200 Å². The molecule has 0 fully saturated rings. The van der Waals surface area contributed by atoms with Crippen molar-refractivity contribution in [2.24, 2.45) is 0 Å². The third kappa shape index (κ3) is 2.20. The monoisotopic (exact) mass is 446 g/mol. The molecular formula is C31H18N4. The Bertz CT molecular complexity index is 2070. The van der Waals surface area contributed by atoms with Gasteiger partial charge in [-0.3, -0.25) is 14.4 Å². The van der Waals surface area contributed by atoms with Crippen molar-refractivity contribution in [3.05, 3.63) is 108 Å². The fourth-order valence-corrected chi connectivity index (χ4v) is 6.39. The van der Waals surface area contributed by atoms with Crippen molar-refractivity contribution in [1.82, 2.24) is 19.4 Å². The molecule has 4 nitrogen and oxygen atoms in total. The lowest BCUT2D eigenvalue weighted by Gasteiger charge is -2.08. The number of nitrogens with zero attached hydrogens (tertiary/aromatic N) is 4. The minimum atomic E-state index is 0.960. The molecule has 0 bridgehead atoms. The molecule has 2 aliphatic carbocycles. The van der Waals surface area contributed by atoms with Gasteiger partial charge in [0, 0.05) is 29.4 Å². The van der Waals surface area contributed by atoms with Crippen LogP contribution >= 0.6 is 0 Å². The van der Waals surface area contributed by atoms with Gasteiger partial charge in [0.05, 0.1) is 22.1 Å². The highest BCUT2D eigenvalue weighted by Gasteiger charge is 2.26. The summed E-state index contributed by atoms with van der Waals surface area (Å²) in [6.45, 7) is 0. The highest BCUT2D eigenvalue weighted by molar-refractivity contribution is 6.12. The van der Waals surface area contributed by atoms with Gasteiger partial charge < -0.3 is 0 Å². The van der Waals surface area contributed by atoms with Crippen molar-refractivity contribution in [2.75, 3.05) is 0 Å². The summed E-state index contributed by atoms with van der Waals surface area (Å²) in [5.74, 6) is 0. The van der Waals surface area contributed by atoms with E-state index in [2.05, 4.69) is 70.0 Å². The highest BCUT2D eigenvalue weighted by Crippen LogP contribution is 2.46. The molecule has 0 saturated heterocycles. The van der Waals surface area contributed by atoms with Gasteiger partial charge in [-0.1, -0.05) is 30.3 Å². The zero-order valence-electron chi connectivity index (χ0n) is 18.8. The van der Waals surface area contributed by atoms with Gasteiger partial charge in [-0.2, -0.15) is 0 Å². The van der Waals surface area contributed by atoms with Crippen molar-refractivity contribution >= 4 is 38.5 Å². The van der Waals surface area contributed by atoms with Crippen LogP contribution < -0.4 is 0 Å². The number of aromatic nitrogens is 4. The second kappa shape index (κ2) is 6.10. The molecule has 0 amide bonds. The Morgan fingerprint density at radius 3 is 2.43 bits per heavy atom. The largest absolute Gasteiger partial charge is 0.290 e. The summed E-state index contributed by atoms with van der Waals surface area (Å²) in [7, 11) is 0. The van der Waals surface area contributed by atoms with Gasteiger partial charge in [-0.15, -0.1) is 0 Å². The normalized spacial score (nSPS) is 13.5. The molecule has 3 aromatic carbocycles. The first-order valence-corrected chi connectivity index (χ1v) is 12.0. The number of pyridine rings is 3. The maximum absolute atomic E-state index is 5.16. The Balaban J connectivity index is 1.35. The van der Waals surface area contributed by atoms with E-state index in [9.17, 15) is 0 Å². The number of fused-ring (bicyclic) bond motifs is 14. The van der Waals surface area contributed by atoms with Crippen LogP contribution in [0.15, 0.2) is 85.3 Å². The van der Waals surface area contributed by atoms with E-state index in [-0.39, 0.29) is 0 Å². The van der Waals surface area contributed by atoms with E-state index in [1.165, 1.54) is 44.5 Å². The molecule has 0 unspecified atom stereocenters. The molecule has 0 radical (unpaired) electrons. The molecule has 2 aliphatic rings. The van der Waals surface area contributed by atoms with Crippen molar-refractivity contribution in [1.29, 1.82) is 0 Å². The Morgan fingerprint density at radius 1 is 0.629 bits per heavy atom. The van der Waals surface area contributed by atoms with E-state index in [1.807, 2.05) is 24.7 Å². The highest BCUT2D eigenvalue weighted by atomic mass is 15.0. The van der Waals surface area contributed by atoms with Crippen LogP contribution in [-0.4, -0.2) is 19.4 Å². The Morgan fingerprint density at radius 2 is 1.46 bits per heavy atom.